The first-order valence-electron chi connectivity index (χ1n) is 9.38. The van der Waals surface area contributed by atoms with Crippen LogP contribution >= 0.6 is 0 Å². The van der Waals surface area contributed by atoms with Crippen molar-refractivity contribution in [2.45, 2.75) is 33.0 Å². The maximum atomic E-state index is 13.2. The largest absolute Gasteiger partial charge is 0.461 e. The molecule has 0 saturated heterocycles. The predicted octanol–water partition coefficient (Wildman–Crippen LogP) is 2.71. The Morgan fingerprint density at radius 3 is 2.42 bits per heavy atom. The van der Waals surface area contributed by atoms with Crippen LogP contribution in [-0.2, 0) is 6.18 Å². The lowest BCUT2D eigenvalue weighted by Crippen LogP contribution is -2.42. The molecule has 0 spiro atoms. The predicted molar refractivity (Wildman–Crippen MR) is 103 cm³/mol. The molecule has 0 aliphatic heterocycles. The molecule has 12 heteroatoms. The minimum Gasteiger partial charge on any atom is -0.461 e. The van der Waals surface area contributed by atoms with Gasteiger partial charge in [-0.25, -0.2) is 15.0 Å². The number of halogens is 3. The number of amides is 1. The molecule has 31 heavy (non-hydrogen) atoms. The molecule has 0 radical (unpaired) electrons. The Morgan fingerprint density at radius 2 is 1.84 bits per heavy atom. The fourth-order valence-electron chi connectivity index (χ4n) is 2.82. The van der Waals surface area contributed by atoms with Crippen LogP contribution in [0.5, 0.6) is 6.01 Å². The summed E-state index contributed by atoms with van der Waals surface area (Å²) in [5.74, 6) is -0.358. The van der Waals surface area contributed by atoms with Gasteiger partial charge in [0.25, 0.3) is 5.91 Å². The Balaban J connectivity index is 1.74. The number of aromatic nitrogens is 6. The zero-order valence-electron chi connectivity index (χ0n) is 17.0. The van der Waals surface area contributed by atoms with Gasteiger partial charge in [-0.2, -0.15) is 23.4 Å². The third-order valence-electron chi connectivity index (χ3n) is 4.39. The van der Waals surface area contributed by atoms with E-state index < -0.39 is 17.8 Å². The van der Waals surface area contributed by atoms with Crippen molar-refractivity contribution < 1.29 is 22.7 Å². The van der Waals surface area contributed by atoms with Gasteiger partial charge in [-0.05, 0) is 32.9 Å². The van der Waals surface area contributed by atoms with Crippen molar-refractivity contribution in [3.05, 3.63) is 53.9 Å². The van der Waals surface area contributed by atoms with Gasteiger partial charge in [-0.15, -0.1) is 4.80 Å². The van der Waals surface area contributed by atoms with Crippen molar-refractivity contribution in [1.29, 1.82) is 0 Å². The molecule has 3 heterocycles. The van der Waals surface area contributed by atoms with Gasteiger partial charge in [0.1, 0.15) is 12.3 Å². The van der Waals surface area contributed by atoms with E-state index in [0.29, 0.717) is 30.3 Å². The SMILES string of the molecule is CCN(C(=O)c1nc(C)ccc1-n1nccn1)C(C)COc1ncc(C(F)(F)F)cn1. The van der Waals surface area contributed by atoms with Gasteiger partial charge in [-0.1, -0.05) is 0 Å². The lowest BCUT2D eigenvalue weighted by Gasteiger charge is -2.28. The molecule has 0 bridgehead atoms. The zero-order valence-corrected chi connectivity index (χ0v) is 17.0. The molecule has 1 atom stereocenters. The van der Waals surface area contributed by atoms with Crippen LogP contribution in [0.4, 0.5) is 13.2 Å². The molecular weight excluding hydrogens is 415 g/mol. The van der Waals surface area contributed by atoms with Crippen molar-refractivity contribution in [2.75, 3.05) is 13.2 Å². The number of hydrogen-bond acceptors (Lipinski definition) is 7. The minimum absolute atomic E-state index is 0.0217. The van der Waals surface area contributed by atoms with Crippen LogP contribution in [0.2, 0.25) is 0 Å². The Bertz CT molecular complexity index is 1020. The highest BCUT2D eigenvalue weighted by atomic mass is 19.4. The minimum atomic E-state index is -4.53. The average molecular weight is 435 g/mol. The maximum Gasteiger partial charge on any atom is 0.419 e. The lowest BCUT2D eigenvalue weighted by molar-refractivity contribution is -0.138. The van der Waals surface area contributed by atoms with Crippen LogP contribution in [0.25, 0.3) is 5.69 Å². The molecule has 0 saturated carbocycles. The lowest BCUT2D eigenvalue weighted by atomic mass is 10.2. The molecule has 0 aromatic carbocycles. The van der Waals surface area contributed by atoms with Crippen LogP contribution in [0.1, 0.15) is 35.6 Å². The van der Waals surface area contributed by atoms with Gasteiger partial charge in [0.2, 0.25) is 0 Å². The smallest absolute Gasteiger partial charge is 0.419 e. The van der Waals surface area contributed by atoms with Crippen LogP contribution in [0, 0.1) is 6.92 Å². The number of alkyl halides is 3. The number of hydrogen-bond donors (Lipinski definition) is 0. The second kappa shape index (κ2) is 9.06. The molecule has 1 unspecified atom stereocenters. The molecule has 1 amide bonds. The quantitative estimate of drug-likeness (QED) is 0.563. The molecule has 0 aliphatic rings. The molecule has 0 fully saturated rings. The van der Waals surface area contributed by atoms with E-state index >= 15 is 0 Å². The number of carbonyl (C=O) groups is 1. The highest BCUT2D eigenvalue weighted by molar-refractivity contribution is 5.96. The highest BCUT2D eigenvalue weighted by Gasteiger charge is 2.31. The molecular formula is C19H20F3N7O2. The summed E-state index contributed by atoms with van der Waals surface area (Å²) in [6.45, 7) is 5.63. The number of aryl methyl sites for hydroxylation is 1. The Hall–Kier alpha value is -3.57. The van der Waals surface area contributed by atoms with E-state index in [1.54, 1.807) is 32.9 Å². The Labute approximate surface area is 175 Å². The summed E-state index contributed by atoms with van der Waals surface area (Å²) in [7, 11) is 0. The molecule has 3 rings (SSSR count). The van der Waals surface area contributed by atoms with Crippen molar-refractivity contribution in [3.8, 4) is 11.7 Å². The molecule has 3 aromatic heterocycles. The van der Waals surface area contributed by atoms with E-state index in [4.69, 9.17) is 4.74 Å². The fourth-order valence-corrected chi connectivity index (χ4v) is 2.82. The number of ether oxygens (including phenoxy) is 1. The second-order valence-corrected chi connectivity index (χ2v) is 6.64. The summed E-state index contributed by atoms with van der Waals surface area (Å²) >= 11 is 0. The van der Waals surface area contributed by atoms with Gasteiger partial charge >= 0.3 is 12.2 Å². The molecule has 0 aliphatic carbocycles. The van der Waals surface area contributed by atoms with E-state index in [1.807, 2.05) is 0 Å². The molecule has 3 aromatic rings. The summed E-state index contributed by atoms with van der Waals surface area (Å²) in [4.78, 5) is 27.6. The highest BCUT2D eigenvalue weighted by Crippen LogP contribution is 2.28. The van der Waals surface area contributed by atoms with E-state index in [0.717, 1.165) is 0 Å². The number of rotatable bonds is 7. The van der Waals surface area contributed by atoms with Gasteiger partial charge < -0.3 is 9.64 Å². The fraction of sp³-hybridized carbons (Fsp3) is 0.368. The zero-order chi connectivity index (χ0) is 22.6. The van der Waals surface area contributed by atoms with Gasteiger partial charge in [-0.3, -0.25) is 4.79 Å². The van der Waals surface area contributed by atoms with Crippen LogP contribution < -0.4 is 4.74 Å². The summed E-state index contributed by atoms with van der Waals surface area (Å²) in [6.07, 6.45) is -0.247. The van der Waals surface area contributed by atoms with Crippen molar-refractivity contribution >= 4 is 5.91 Å². The van der Waals surface area contributed by atoms with E-state index in [-0.39, 0.29) is 24.2 Å². The van der Waals surface area contributed by atoms with Crippen molar-refractivity contribution in [2.24, 2.45) is 0 Å². The third kappa shape index (κ3) is 5.13. The standard InChI is InChI=1S/C19H20F3N7O2/c1-4-28(13(3)11-31-18-23-9-14(10-24-18)19(20,21)22)17(30)16-15(6-5-12(2)27-16)29-25-7-8-26-29/h5-10,13H,4,11H2,1-3H3. The van der Waals surface area contributed by atoms with Gasteiger partial charge in [0.05, 0.1) is 24.0 Å². The normalized spacial score (nSPS) is 12.5. The molecule has 164 valence electrons. The Kier molecular flexibility index (Phi) is 6.47. The number of carbonyl (C=O) groups excluding carboxylic acids is 1. The molecule has 0 N–H and O–H groups in total. The number of likely N-dealkylation sites (N-methyl/N-ethyl adjacent to an activating group) is 1. The van der Waals surface area contributed by atoms with E-state index in [1.165, 1.54) is 22.1 Å². The summed E-state index contributed by atoms with van der Waals surface area (Å²) in [5, 5.41) is 8.13. The number of nitrogens with zero attached hydrogens (tertiary/aromatic N) is 7. The van der Waals surface area contributed by atoms with Gasteiger partial charge in [0.15, 0.2) is 5.69 Å². The topological polar surface area (TPSA) is 98.9 Å². The van der Waals surface area contributed by atoms with Crippen molar-refractivity contribution in [3.63, 3.8) is 0 Å². The average Bonchev–Trinajstić information content (AvgIpc) is 3.27. The van der Waals surface area contributed by atoms with Gasteiger partial charge in [0, 0.05) is 24.6 Å². The maximum absolute atomic E-state index is 13.2. The van der Waals surface area contributed by atoms with E-state index in [9.17, 15) is 18.0 Å². The monoisotopic (exact) mass is 435 g/mol. The second-order valence-electron chi connectivity index (χ2n) is 6.64. The van der Waals surface area contributed by atoms with Crippen molar-refractivity contribution in [1.82, 2.24) is 34.8 Å². The molecule has 9 nitrogen and oxygen atoms in total. The third-order valence-corrected chi connectivity index (χ3v) is 4.39. The van der Waals surface area contributed by atoms with Crippen LogP contribution in [0.3, 0.4) is 0 Å². The summed E-state index contributed by atoms with van der Waals surface area (Å²) < 4.78 is 43.2. The van der Waals surface area contributed by atoms with Crippen LogP contribution in [0.15, 0.2) is 36.9 Å². The summed E-state index contributed by atoms with van der Waals surface area (Å²) in [5.41, 5.74) is 0.287. The first kappa shape index (κ1) is 22.1. The Morgan fingerprint density at radius 1 is 1.19 bits per heavy atom. The summed E-state index contributed by atoms with van der Waals surface area (Å²) in [6, 6.07) is 2.81. The van der Waals surface area contributed by atoms with E-state index in [2.05, 4.69) is 25.1 Å². The number of pyridine rings is 1. The first-order valence-corrected chi connectivity index (χ1v) is 9.38. The first-order chi connectivity index (χ1) is 14.7. The van der Waals surface area contributed by atoms with Crippen LogP contribution in [-0.4, -0.2) is 59.9 Å².